The number of rotatable bonds is 4. The van der Waals surface area contributed by atoms with Gasteiger partial charge in [0.25, 0.3) is 0 Å². The Labute approximate surface area is 98.0 Å². The fourth-order valence-electron chi connectivity index (χ4n) is 1.21. The molecule has 0 bridgehead atoms. The lowest BCUT2D eigenvalue weighted by atomic mass is 10.3. The Balaban J connectivity index is 1.94. The first kappa shape index (κ1) is 11.0. The molecule has 0 fully saturated rings. The smallest absolute Gasteiger partial charge is 0.226 e. The second-order valence-electron chi connectivity index (χ2n) is 3.18. The van der Waals surface area contributed by atoms with Gasteiger partial charge >= 0.3 is 0 Å². The molecule has 1 aromatic heterocycles. The largest absolute Gasteiger partial charge is 0.497 e. The summed E-state index contributed by atoms with van der Waals surface area (Å²) in [5.74, 6) is 2.80. The summed E-state index contributed by atoms with van der Waals surface area (Å²) in [6.45, 7) is 1.79. The van der Waals surface area contributed by atoms with Crippen LogP contribution in [0.3, 0.4) is 0 Å². The van der Waals surface area contributed by atoms with Crippen LogP contribution in [0.4, 0.5) is 0 Å². The molecule has 5 heteroatoms. The van der Waals surface area contributed by atoms with Crippen molar-refractivity contribution in [3.63, 3.8) is 0 Å². The van der Waals surface area contributed by atoms with E-state index in [0.717, 1.165) is 10.6 Å². The lowest BCUT2D eigenvalue weighted by molar-refractivity contribution is 0.414. The van der Waals surface area contributed by atoms with Gasteiger partial charge in [-0.05, 0) is 24.3 Å². The van der Waals surface area contributed by atoms with E-state index >= 15 is 0 Å². The molecule has 2 aromatic rings. The van der Waals surface area contributed by atoms with Crippen LogP contribution in [0.25, 0.3) is 0 Å². The number of hydrogen-bond donors (Lipinski definition) is 0. The van der Waals surface area contributed by atoms with Crippen molar-refractivity contribution in [2.75, 3.05) is 7.11 Å². The molecule has 1 heterocycles. The Hall–Kier alpha value is -1.49. The molecule has 16 heavy (non-hydrogen) atoms. The van der Waals surface area contributed by atoms with Crippen LogP contribution in [-0.4, -0.2) is 17.3 Å². The van der Waals surface area contributed by atoms with Crippen molar-refractivity contribution in [2.45, 2.75) is 17.6 Å². The predicted octanol–water partition coefficient (Wildman–Crippen LogP) is 2.68. The minimum Gasteiger partial charge on any atom is -0.497 e. The molecule has 0 spiro atoms. The maximum Gasteiger partial charge on any atom is 0.226 e. The topological polar surface area (TPSA) is 48.2 Å². The SMILES string of the molecule is COc1ccc(SCc2nnc(C)o2)cc1. The number of hydrogen-bond acceptors (Lipinski definition) is 5. The van der Waals surface area contributed by atoms with E-state index in [1.165, 1.54) is 0 Å². The van der Waals surface area contributed by atoms with Crippen molar-refractivity contribution in [3.8, 4) is 5.75 Å². The van der Waals surface area contributed by atoms with Gasteiger partial charge < -0.3 is 9.15 Å². The molecule has 0 aliphatic carbocycles. The fourth-order valence-corrected chi connectivity index (χ4v) is 1.95. The van der Waals surface area contributed by atoms with E-state index in [9.17, 15) is 0 Å². The summed E-state index contributed by atoms with van der Waals surface area (Å²) in [6.07, 6.45) is 0. The Morgan fingerprint density at radius 1 is 1.25 bits per heavy atom. The summed E-state index contributed by atoms with van der Waals surface area (Å²) >= 11 is 1.65. The molecule has 84 valence electrons. The third-order valence-corrected chi connectivity index (χ3v) is 2.99. The third-order valence-electron chi connectivity index (χ3n) is 1.99. The van der Waals surface area contributed by atoms with Crippen molar-refractivity contribution >= 4 is 11.8 Å². The summed E-state index contributed by atoms with van der Waals surface area (Å²) in [4.78, 5) is 1.15. The number of benzene rings is 1. The molecule has 1 aromatic carbocycles. The molecule has 0 aliphatic heterocycles. The molecule has 0 saturated heterocycles. The van der Waals surface area contributed by atoms with Gasteiger partial charge in [-0.3, -0.25) is 0 Å². The Morgan fingerprint density at radius 2 is 2.00 bits per heavy atom. The average Bonchev–Trinajstić information content (AvgIpc) is 2.73. The highest BCUT2D eigenvalue weighted by Crippen LogP contribution is 2.24. The van der Waals surface area contributed by atoms with Crippen molar-refractivity contribution in [1.29, 1.82) is 0 Å². The van der Waals surface area contributed by atoms with Gasteiger partial charge in [0.1, 0.15) is 5.75 Å². The van der Waals surface area contributed by atoms with E-state index in [2.05, 4.69) is 10.2 Å². The zero-order valence-corrected chi connectivity index (χ0v) is 9.95. The second kappa shape index (κ2) is 5.03. The summed E-state index contributed by atoms with van der Waals surface area (Å²) in [5.41, 5.74) is 0. The van der Waals surface area contributed by atoms with E-state index in [-0.39, 0.29) is 0 Å². The number of ether oxygens (including phenoxy) is 1. The van der Waals surface area contributed by atoms with Gasteiger partial charge in [0.05, 0.1) is 12.9 Å². The zero-order chi connectivity index (χ0) is 11.4. The molecule has 0 aliphatic rings. The number of aromatic nitrogens is 2. The van der Waals surface area contributed by atoms with Crippen LogP contribution < -0.4 is 4.74 Å². The molecule has 0 saturated carbocycles. The van der Waals surface area contributed by atoms with E-state index in [1.54, 1.807) is 25.8 Å². The van der Waals surface area contributed by atoms with Gasteiger partial charge in [-0.1, -0.05) is 0 Å². The van der Waals surface area contributed by atoms with E-state index in [1.807, 2.05) is 24.3 Å². The lowest BCUT2D eigenvalue weighted by Crippen LogP contribution is -1.83. The Bertz CT molecular complexity index is 453. The maximum absolute atomic E-state index is 5.28. The molecular formula is C11H12N2O2S. The summed E-state index contributed by atoms with van der Waals surface area (Å²) in [6, 6.07) is 7.88. The second-order valence-corrected chi connectivity index (χ2v) is 4.23. The molecule has 0 atom stereocenters. The first-order chi connectivity index (χ1) is 7.78. The van der Waals surface area contributed by atoms with Crippen molar-refractivity contribution < 1.29 is 9.15 Å². The van der Waals surface area contributed by atoms with Crippen LogP contribution >= 0.6 is 11.8 Å². The third kappa shape index (κ3) is 2.76. The molecular weight excluding hydrogens is 224 g/mol. The van der Waals surface area contributed by atoms with Crippen LogP contribution in [0.5, 0.6) is 5.75 Å². The normalized spacial score (nSPS) is 10.4. The molecule has 2 rings (SSSR count). The highest BCUT2D eigenvalue weighted by molar-refractivity contribution is 7.98. The summed E-state index contributed by atoms with van der Waals surface area (Å²) in [7, 11) is 1.66. The number of methoxy groups -OCH3 is 1. The van der Waals surface area contributed by atoms with Gasteiger partial charge in [-0.25, -0.2) is 0 Å². The Morgan fingerprint density at radius 3 is 2.56 bits per heavy atom. The number of thioether (sulfide) groups is 1. The van der Waals surface area contributed by atoms with Gasteiger partial charge in [0, 0.05) is 11.8 Å². The average molecular weight is 236 g/mol. The monoisotopic (exact) mass is 236 g/mol. The standard InChI is InChI=1S/C11H12N2O2S/c1-8-12-13-11(15-8)7-16-10-5-3-9(14-2)4-6-10/h3-6H,7H2,1-2H3. The summed E-state index contributed by atoms with van der Waals surface area (Å²) < 4.78 is 10.4. The van der Waals surface area contributed by atoms with Gasteiger partial charge in [-0.2, -0.15) is 0 Å². The van der Waals surface area contributed by atoms with Crippen LogP contribution in [-0.2, 0) is 5.75 Å². The minimum atomic E-state index is 0.602. The predicted molar refractivity (Wildman–Crippen MR) is 61.6 cm³/mol. The fraction of sp³-hybridized carbons (Fsp3) is 0.273. The van der Waals surface area contributed by atoms with Crippen LogP contribution in [0.2, 0.25) is 0 Å². The quantitative estimate of drug-likeness (QED) is 0.764. The molecule has 0 unspecified atom stereocenters. The lowest BCUT2D eigenvalue weighted by Gasteiger charge is -2.01. The van der Waals surface area contributed by atoms with Crippen LogP contribution in [0.15, 0.2) is 33.6 Å². The van der Waals surface area contributed by atoms with Crippen molar-refractivity contribution in [1.82, 2.24) is 10.2 Å². The molecule has 0 amide bonds. The molecule has 4 nitrogen and oxygen atoms in total. The first-order valence-corrected chi connectivity index (χ1v) is 5.82. The number of nitrogens with zero attached hydrogens (tertiary/aromatic N) is 2. The highest BCUT2D eigenvalue weighted by atomic mass is 32.2. The van der Waals surface area contributed by atoms with Gasteiger partial charge in [-0.15, -0.1) is 22.0 Å². The van der Waals surface area contributed by atoms with E-state index < -0.39 is 0 Å². The number of aryl methyl sites for hydroxylation is 1. The van der Waals surface area contributed by atoms with Gasteiger partial charge in [0.15, 0.2) is 0 Å². The van der Waals surface area contributed by atoms with Crippen LogP contribution in [0, 0.1) is 6.92 Å². The van der Waals surface area contributed by atoms with Crippen LogP contribution in [0.1, 0.15) is 11.8 Å². The summed E-state index contributed by atoms with van der Waals surface area (Å²) in [5, 5.41) is 7.71. The minimum absolute atomic E-state index is 0.602. The first-order valence-electron chi connectivity index (χ1n) is 4.84. The maximum atomic E-state index is 5.28. The van der Waals surface area contributed by atoms with E-state index in [0.29, 0.717) is 17.5 Å². The van der Waals surface area contributed by atoms with Gasteiger partial charge in [0.2, 0.25) is 11.8 Å². The van der Waals surface area contributed by atoms with Crippen molar-refractivity contribution in [3.05, 3.63) is 36.0 Å². The highest BCUT2D eigenvalue weighted by Gasteiger charge is 2.03. The van der Waals surface area contributed by atoms with E-state index in [4.69, 9.17) is 9.15 Å². The van der Waals surface area contributed by atoms with Crippen molar-refractivity contribution in [2.24, 2.45) is 0 Å². The zero-order valence-electron chi connectivity index (χ0n) is 9.14. The molecule has 0 N–H and O–H groups in total. The Kier molecular flexibility index (Phi) is 3.46. The molecule has 0 radical (unpaired) electrons.